The molecule has 0 aliphatic rings. The number of anilines is 1. The van der Waals surface area contributed by atoms with Crippen LogP contribution in [0.3, 0.4) is 0 Å². The Balaban J connectivity index is 2.84. The van der Waals surface area contributed by atoms with Gasteiger partial charge >= 0.3 is 6.03 Å². The standard InChI is InChI=1S/C13H18FN3O2/c1-7(2)11(17-13(15)19)12(18)16-10-5-4-9(14)6-8(10)3/h4-7,11H,1-3H3,(H,16,18)(H3,15,17,19)/t11-/m0/s1. The zero-order valence-corrected chi connectivity index (χ0v) is 11.2. The number of benzene rings is 1. The van der Waals surface area contributed by atoms with Crippen LogP contribution in [0.5, 0.6) is 0 Å². The van der Waals surface area contributed by atoms with Crippen LogP contribution >= 0.6 is 0 Å². The Morgan fingerprint density at radius 1 is 1.32 bits per heavy atom. The van der Waals surface area contributed by atoms with Crippen molar-refractivity contribution in [1.82, 2.24) is 5.32 Å². The maximum atomic E-state index is 13.0. The summed E-state index contributed by atoms with van der Waals surface area (Å²) in [4.78, 5) is 22.9. The van der Waals surface area contributed by atoms with Gasteiger partial charge < -0.3 is 16.4 Å². The molecular formula is C13H18FN3O2. The predicted molar refractivity (Wildman–Crippen MR) is 71.1 cm³/mol. The van der Waals surface area contributed by atoms with Crippen molar-refractivity contribution in [2.75, 3.05) is 5.32 Å². The Bertz CT molecular complexity index is 489. The first-order valence-corrected chi connectivity index (χ1v) is 5.94. The molecule has 0 bridgehead atoms. The van der Waals surface area contributed by atoms with Crippen molar-refractivity contribution in [2.24, 2.45) is 11.7 Å². The van der Waals surface area contributed by atoms with Crippen LogP contribution in [-0.4, -0.2) is 18.0 Å². The summed E-state index contributed by atoms with van der Waals surface area (Å²) in [6.45, 7) is 5.26. The Morgan fingerprint density at radius 3 is 2.42 bits per heavy atom. The number of urea groups is 1. The van der Waals surface area contributed by atoms with Crippen molar-refractivity contribution < 1.29 is 14.0 Å². The Morgan fingerprint density at radius 2 is 1.95 bits per heavy atom. The molecule has 0 saturated heterocycles. The van der Waals surface area contributed by atoms with Crippen LogP contribution in [0.2, 0.25) is 0 Å². The number of hydrogen-bond acceptors (Lipinski definition) is 2. The number of carbonyl (C=O) groups is 2. The molecule has 0 aromatic heterocycles. The molecule has 5 nitrogen and oxygen atoms in total. The molecule has 1 rings (SSSR count). The average Bonchev–Trinajstić information content (AvgIpc) is 2.29. The van der Waals surface area contributed by atoms with Crippen LogP contribution in [0, 0.1) is 18.7 Å². The molecule has 3 amide bonds. The Kier molecular flexibility index (Phi) is 4.86. The number of hydrogen-bond donors (Lipinski definition) is 3. The van der Waals surface area contributed by atoms with E-state index in [1.54, 1.807) is 20.8 Å². The minimum atomic E-state index is -0.760. The van der Waals surface area contributed by atoms with E-state index in [-0.39, 0.29) is 17.6 Å². The lowest BCUT2D eigenvalue weighted by atomic mass is 10.0. The quantitative estimate of drug-likeness (QED) is 0.776. The molecule has 0 spiro atoms. The van der Waals surface area contributed by atoms with Gasteiger partial charge in [-0.3, -0.25) is 4.79 Å². The molecule has 1 atom stereocenters. The second-order valence-electron chi connectivity index (χ2n) is 4.68. The first kappa shape index (κ1) is 14.9. The van der Waals surface area contributed by atoms with Gasteiger partial charge in [0.15, 0.2) is 0 Å². The summed E-state index contributed by atoms with van der Waals surface area (Å²) in [5.74, 6) is -0.872. The van der Waals surface area contributed by atoms with E-state index in [1.165, 1.54) is 18.2 Å². The molecule has 0 unspecified atom stereocenters. The fourth-order valence-corrected chi connectivity index (χ4v) is 1.67. The summed E-state index contributed by atoms with van der Waals surface area (Å²) in [6, 6.07) is 2.56. The van der Waals surface area contributed by atoms with E-state index in [9.17, 15) is 14.0 Å². The van der Waals surface area contributed by atoms with Gasteiger partial charge in [0.1, 0.15) is 11.9 Å². The van der Waals surface area contributed by atoms with Gasteiger partial charge in [-0.1, -0.05) is 13.8 Å². The lowest BCUT2D eigenvalue weighted by molar-refractivity contribution is -0.118. The molecule has 19 heavy (non-hydrogen) atoms. The molecule has 0 aliphatic carbocycles. The minimum Gasteiger partial charge on any atom is -0.352 e. The highest BCUT2D eigenvalue weighted by Crippen LogP contribution is 2.16. The summed E-state index contributed by atoms with van der Waals surface area (Å²) in [5, 5.41) is 5.03. The Hall–Kier alpha value is -2.11. The highest BCUT2D eigenvalue weighted by molar-refractivity contribution is 5.97. The average molecular weight is 267 g/mol. The van der Waals surface area contributed by atoms with Gasteiger partial charge in [0.2, 0.25) is 5.91 Å². The first-order chi connectivity index (χ1) is 8.81. The van der Waals surface area contributed by atoms with Gasteiger partial charge in [-0.15, -0.1) is 0 Å². The number of halogens is 1. The van der Waals surface area contributed by atoms with Crippen LogP contribution < -0.4 is 16.4 Å². The summed E-state index contributed by atoms with van der Waals surface area (Å²) >= 11 is 0. The molecule has 4 N–H and O–H groups in total. The van der Waals surface area contributed by atoms with Crippen LogP contribution in [0.25, 0.3) is 0 Å². The van der Waals surface area contributed by atoms with Crippen molar-refractivity contribution in [1.29, 1.82) is 0 Å². The SMILES string of the molecule is Cc1cc(F)ccc1NC(=O)[C@@H](NC(N)=O)C(C)C. The van der Waals surface area contributed by atoms with Gasteiger partial charge in [-0.2, -0.15) is 0 Å². The van der Waals surface area contributed by atoms with Gasteiger partial charge in [-0.25, -0.2) is 9.18 Å². The smallest absolute Gasteiger partial charge is 0.312 e. The normalized spacial score (nSPS) is 12.1. The third-order valence-corrected chi connectivity index (χ3v) is 2.69. The number of carbonyl (C=O) groups excluding carboxylic acids is 2. The van der Waals surface area contributed by atoms with Crippen LogP contribution in [0.1, 0.15) is 19.4 Å². The van der Waals surface area contributed by atoms with Crippen LogP contribution in [0.4, 0.5) is 14.9 Å². The molecule has 0 radical (unpaired) electrons. The molecule has 0 saturated carbocycles. The second-order valence-corrected chi connectivity index (χ2v) is 4.68. The van der Waals surface area contributed by atoms with Gasteiger partial charge in [0.25, 0.3) is 0 Å². The maximum Gasteiger partial charge on any atom is 0.312 e. The molecular weight excluding hydrogens is 249 g/mol. The van der Waals surface area contributed by atoms with Crippen molar-refractivity contribution in [2.45, 2.75) is 26.8 Å². The van der Waals surface area contributed by atoms with Crippen molar-refractivity contribution in [3.63, 3.8) is 0 Å². The summed E-state index contributed by atoms with van der Waals surface area (Å²) < 4.78 is 13.0. The monoisotopic (exact) mass is 267 g/mol. The third kappa shape index (κ3) is 4.24. The summed E-state index contributed by atoms with van der Waals surface area (Å²) in [7, 11) is 0. The summed E-state index contributed by atoms with van der Waals surface area (Å²) in [5.41, 5.74) is 6.14. The van der Waals surface area contributed by atoms with Crippen molar-refractivity contribution >= 4 is 17.6 Å². The zero-order valence-electron chi connectivity index (χ0n) is 11.2. The van der Waals surface area contributed by atoms with Crippen molar-refractivity contribution in [3.05, 3.63) is 29.6 Å². The second kappa shape index (κ2) is 6.17. The minimum absolute atomic E-state index is 0.117. The van der Waals surface area contributed by atoms with Gasteiger partial charge in [0, 0.05) is 5.69 Å². The topological polar surface area (TPSA) is 84.2 Å². The molecule has 0 aliphatic heterocycles. The number of nitrogens with two attached hydrogens (primary N) is 1. The molecule has 0 heterocycles. The van der Waals surface area contributed by atoms with E-state index < -0.39 is 12.1 Å². The fraction of sp³-hybridized carbons (Fsp3) is 0.385. The number of amides is 3. The third-order valence-electron chi connectivity index (χ3n) is 2.69. The van der Waals surface area contributed by atoms with Gasteiger partial charge in [0.05, 0.1) is 0 Å². The van der Waals surface area contributed by atoms with Crippen molar-refractivity contribution in [3.8, 4) is 0 Å². The van der Waals surface area contributed by atoms with E-state index in [4.69, 9.17) is 5.73 Å². The van der Waals surface area contributed by atoms with E-state index in [1.807, 2.05) is 0 Å². The van der Waals surface area contributed by atoms with Crippen LogP contribution in [-0.2, 0) is 4.79 Å². The number of aryl methyl sites for hydroxylation is 1. The number of primary amides is 1. The van der Waals surface area contributed by atoms with E-state index >= 15 is 0 Å². The highest BCUT2D eigenvalue weighted by atomic mass is 19.1. The molecule has 1 aromatic rings. The van der Waals surface area contributed by atoms with E-state index in [0.29, 0.717) is 11.3 Å². The van der Waals surface area contributed by atoms with Crippen LogP contribution in [0.15, 0.2) is 18.2 Å². The summed E-state index contributed by atoms with van der Waals surface area (Å²) in [6.07, 6.45) is 0. The molecule has 6 heteroatoms. The number of rotatable bonds is 4. The van der Waals surface area contributed by atoms with E-state index in [2.05, 4.69) is 10.6 Å². The van der Waals surface area contributed by atoms with E-state index in [0.717, 1.165) is 0 Å². The largest absolute Gasteiger partial charge is 0.352 e. The fourth-order valence-electron chi connectivity index (χ4n) is 1.67. The zero-order chi connectivity index (χ0) is 14.6. The molecule has 104 valence electrons. The lowest BCUT2D eigenvalue weighted by Crippen LogP contribution is -2.49. The lowest BCUT2D eigenvalue weighted by Gasteiger charge is -2.21. The predicted octanol–water partition coefficient (Wildman–Crippen LogP) is 1.77. The number of nitrogens with one attached hydrogen (secondary N) is 2. The Labute approximate surface area is 111 Å². The highest BCUT2D eigenvalue weighted by Gasteiger charge is 2.23. The first-order valence-electron chi connectivity index (χ1n) is 5.94. The van der Waals surface area contributed by atoms with Gasteiger partial charge in [-0.05, 0) is 36.6 Å². The molecule has 0 fully saturated rings. The maximum absolute atomic E-state index is 13.0. The molecule has 1 aromatic carbocycles.